The van der Waals surface area contributed by atoms with Gasteiger partial charge in [-0.1, -0.05) is 0 Å². The fourth-order valence-corrected chi connectivity index (χ4v) is 2.98. The number of carbonyl (C=O) groups is 1. The van der Waals surface area contributed by atoms with Gasteiger partial charge in [0, 0.05) is 18.8 Å². The normalized spacial score (nSPS) is 16.0. The summed E-state index contributed by atoms with van der Waals surface area (Å²) in [4.78, 5) is 18.9. The number of rotatable bonds is 7. The summed E-state index contributed by atoms with van der Waals surface area (Å²) < 4.78 is 10.9. The molecule has 1 amide bonds. The Balaban J connectivity index is 1.62. The molecule has 1 N–H and O–H groups in total. The molecule has 6 heteroatoms. The third kappa shape index (κ3) is 3.94. The molecule has 2 aromatic heterocycles. The Morgan fingerprint density at radius 3 is 2.83 bits per heavy atom. The standard InChI is InChI=1S/C18H23N3O3/c1-2-23-17-8-7-14(12-19-17)18(22)20-13-15(16-6-5-11-24-16)21-9-3-4-10-21/h5-8,11-12,15H,2-4,9-10,13H2,1H3,(H,20,22). The van der Waals surface area contributed by atoms with Crippen molar-refractivity contribution in [3.63, 3.8) is 0 Å². The first-order valence-corrected chi connectivity index (χ1v) is 8.42. The molecule has 1 unspecified atom stereocenters. The summed E-state index contributed by atoms with van der Waals surface area (Å²) in [6.45, 7) is 5.03. The van der Waals surface area contributed by atoms with Crippen molar-refractivity contribution < 1.29 is 13.9 Å². The van der Waals surface area contributed by atoms with E-state index in [2.05, 4.69) is 15.2 Å². The second-order valence-electron chi connectivity index (χ2n) is 5.80. The number of likely N-dealkylation sites (tertiary alicyclic amines) is 1. The highest BCUT2D eigenvalue weighted by Crippen LogP contribution is 2.25. The van der Waals surface area contributed by atoms with E-state index in [4.69, 9.17) is 9.15 Å². The first-order chi connectivity index (χ1) is 11.8. The summed E-state index contributed by atoms with van der Waals surface area (Å²) in [6, 6.07) is 7.36. The van der Waals surface area contributed by atoms with E-state index in [9.17, 15) is 4.79 Å². The maximum Gasteiger partial charge on any atom is 0.252 e. The number of pyridine rings is 1. The number of hydrogen-bond acceptors (Lipinski definition) is 5. The van der Waals surface area contributed by atoms with Crippen LogP contribution < -0.4 is 10.1 Å². The summed E-state index contributed by atoms with van der Waals surface area (Å²) in [6.07, 6.45) is 5.59. The van der Waals surface area contributed by atoms with Crippen molar-refractivity contribution in [1.82, 2.24) is 15.2 Å². The number of amides is 1. The Hall–Kier alpha value is -2.34. The molecule has 0 saturated carbocycles. The second kappa shape index (κ2) is 7.97. The summed E-state index contributed by atoms with van der Waals surface area (Å²) in [5.74, 6) is 1.28. The SMILES string of the molecule is CCOc1ccc(C(=O)NCC(c2ccco2)N2CCCC2)cn1. The maximum absolute atomic E-state index is 12.4. The van der Waals surface area contributed by atoms with Gasteiger partial charge in [0.2, 0.25) is 5.88 Å². The second-order valence-corrected chi connectivity index (χ2v) is 5.80. The van der Waals surface area contributed by atoms with E-state index < -0.39 is 0 Å². The maximum atomic E-state index is 12.4. The molecule has 1 fully saturated rings. The van der Waals surface area contributed by atoms with Gasteiger partial charge in [0.05, 0.1) is 24.5 Å². The Morgan fingerprint density at radius 2 is 2.21 bits per heavy atom. The van der Waals surface area contributed by atoms with Gasteiger partial charge in [-0.15, -0.1) is 0 Å². The van der Waals surface area contributed by atoms with Gasteiger partial charge in [-0.2, -0.15) is 0 Å². The lowest BCUT2D eigenvalue weighted by Gasteiger charge is -2.26. The number of hydrogen-bond donors (Lipinski definition) is 1. The lowest BCUT2D eigenvalue weighted by Crippen LogP contribution is -2.36. The molecule has 1 saturated heterocycles. The van der Waals surface area contributed by atoms with Crippen LogP contribution >= 0.6 is 0 Å². The van der Waals surface area contributed by atoms with Crippen LogP contribution in [0.4, 0.5) is 0 Å². The van der Waals surface area contributed by atoms with Gasteiger partial charge >= 0.3 is 0 Å². The molecule has 1 aliphatic rings. The minimum absolute atomic E-state index is 0.0714. The predicted molar refractivity (Wildman–Crippen MR) is 90.0 cm³/mol. The summed E-state index contributed by atoms with van der Waals surface area (Å²) in [7, 11) is 0. The first kappa shape index (κ1) is 16.5. The minimum Gasteiger partial charge on any atom is -0.478 e. The van der Waals surface area contributed by atoms with Gasteiger partial charge in [0.15, 0.2) is 0 Å². The van der Waals surface area contributed by atoms with Gasteiger partial charge in [-0.25, -0.2) is 4.98 Å². The van der Waals surface area contributed by atoms with Crippen LogP contribution in [0.15, 0.2) is 41.1 Å². The van der Waals surface area contributed by atoms with Crippen LogP contribution in [0, 0.1) is 0 Å². The van der Waals surface area contributed by atoms with E-state index in [1.807, 2.05) is 19.1 Å². The summed E-state index contributed by atoms with van der Waals surface area (Å²) in [5, 5.41) is 2.99. The molecule has 2 aromatic rings. The third-order valence-corrected chi connectivity index (χ3v) is 4.20. The molecule has 0 aromatic carbocycles. The molecule has 0 radical (unpaired) electrons. The van der Waals surface area contributed by atoms with Crippen LogP contribution in [0.1, 0.15) is 41.9 Å². The number of carbonyl (C=O) groups excluding carboxylic acids is 1. The van der Waals surface area contributed by atoms with Crippen molar-refractivity contribution in [3.05, 3.63) is 48.0 Å². The van der Waals surface area contributed by atoms with Crippen molar-refractivity contribution in [1.29, 1.82) is 0 Å². The number of furan rings is 1. The monoisotopic (exact) mass is 329 g/mol. The van der Waals surface area contributed by atoms with E-state index >= 15 is 0 Å². The molecule has 6 nitrogen and oxygen atoms in total. The predicted octanol–water partition coefficient (Wildman–Crippen LogP) is 2.64. The van der Waals surface area contributed by atoms with Crippen molar-refractivity contribution in [3.8, 4) is 5.88 Å². The van der Waals surface area contributed by atoms with Crippen molar-refractivity contribution in [2.75, 3.05) is 26.2 Å². The summed E-state index contributed by atoms with van der Waals surface area (Å²) in [5.41, 5.74) is 0.526. The van der Waals surface area contributed by atoms with Gasteiger partial charge in [-0.05, 0) is 51.1 Å². The smallest absolute Gasteiger partial charge is 0.252 e. The number of nitrogens with zero attached hydrogens (tertiary/aromatic N) is 2. The Bertz CT molecular complexity index is 634. The van der Waals surface area contributed by atoms with Gasteiger partial charge in [0.1, 0.15) is 5.76 Å². The lowest BCUT2D eigenvalue weighted by atomic mass is 10.2. The van der Waals surface area contributed by atoms with Gasteiger partial charge in [-0.3, -0.25) is 9.69 Å². The molecule has 1 aliphatic heterocycles. The third-order valence-electron chi connectivity index (χ3n) is 4.20. The topological polar surface area (TPSA) is 67.6 Å². The molecule has 3 heterocycles. The first-order valence-electron chi connectivity index (χ1n) is 8.42. The highest BCUT2D eigenvalue weighted by molar-refractivity contribution is 5.93. The zero-order chi connectivity index (χ0) is 16.8. The van der Waals surface area contributed by atoms with Crippen LogP contribution in [-0.4, -0.2) is 42.0 Å². The number of ether oxygens (including phenoxy) is 1. The van der Waals surface area contributed by atoms with Crippen LogP contribution in [0.25, 0.3) is 0 Å². The lowest BCUT2D eigenvalue weighted by molar-refractivity contribution is 0.0933. The van der Waals surface area contributed by atoms with Crippen LogP contribution in [-0.2, 0) is 0 Å². The molecular formula is C18H23N3O3. The Labute approximate surface area is 141 Å². The Morgan fingerprint density at radius 1 is 1.38 bits per heavy atom. The molecule has 128 valence electrons. The van der Waals surface area contributed by atoms with E-state index in [1.54, 1.807) is 18.4 Å². The number of aromatic nitrogens is 1. The van der Waals surface area contributed by atoms with Crippen LogP contribution in [0.5, 0.6) is 5.88 Å². The van der Waals surface area contributed by atoms with Gasteiger partial charge < -0.3 is 14.5 Å². The highest BCUT2D eigenvalue weighted by Gasteiger charge is 2.26. The minimum atomic E-state index is -0.138. The Kier molecular flexibility index (Phi) is 5.48. The van der Waals surface area contributed by atoms with Crippen LogP contribution in [0.3, 0.4) is 0 Å². The van der Waals surface area contributed by atoms with E-state index in [0.29, 0.717) is 24.6 Å². The largest absolute Gasteiger partial charge is 0.478 e. The van der Waals surface area contributed by atoms with E-state index in [0.717, 1.165) is 18.8 Å². The van der Waals surface area contributed by atoms with Crippen molar-refractivity contribution >= 4 is 5.91 Å². The molecule has 0 bridgehead atoms. The highest BCUT2D eigenvalue weighted by atomic mass is 16.5. The number of nitrogens with one attached hydrogen (secondary N) is 1. The van der Waals surface area contributed by atoms with Crippen LogP contribution in [0.2, 0.25) is 0 Å². The van der Waals surface area contributed by atoms with Crippen molar-refractivity contribution in [2.24, 2.45) is 0 Å². The van der Waals surface area contributed by atoms with E-state index in [1.165, 1.54) is 19.0 Å². The van der Waals surface area contributed by atoms with E-state index in [-0.39, 0.29) is 11.9 Å². The van der Waals surface area contributed by atoms with Gasteiger partial charge in [0.25, 0.3) is 5.91 Å². The molecule has 24 heavy (non-hydrogen) atoms. The average Bonchev–Trinajstić information content (AvgIpc) is 3.30. The van der Waals surface area contributed by atoms with Crippen molar-refractivity contribution in [2.45, 2.75) is 25.8 Å². The molecule has 0 spiro atoms. The summed E-state index contributed by atoms with van der Waals surface area (Å²) >= 11 is 0. The zero-order valence-electron chi connectivity index (χ0n) is 13.9. The molecule has 1 atom stereocenters. The fraction of sp³-hybridized carbons (Fsp3) is 0.444. The zero-order valence-corrected chi connectivity index (χ0v) is 13.9. The molecule has 3 rings (SSSR count). The fourth-order valence-electron chi connectivity index (χ4n) is 2.98. The molecular weight excluding hydrogens is 306 g/mol. The average molecular weight is 329 g/mol. The molecule has 0 aliphatic carbocycles. The quantitative estimate of drug-likeness (QED) is 0.846.